The Morgan fingerprint density at radius 2 is 1.75 bits per heavy atom. The monoisotopic (exact) mass is 553 g/mol. The van der Waals surface area contributed by atoms with E-state index in [1.807, 2.05) is 0 Å². The van der Waals surface area contributed by atoms with Gasteiger partial charge in [0.2, 0.25) is 0 Å². The van der Waals surface area contributed by atoms with Crippen molar-refractivity contribution in [3.8, 4) is 0 Å². The first-order valence-corrected chi connectivity index (χ1v) is 17.6. The molecule has 5 rings (SSSR count). The van der Waals surface area contributed by atoms with E-state index in [0.717, 1.165) is 79.8 Å². The highest BCUT2D eigenvalue weighted by molar-refractivity contribution is 5.69. The maximum absolute atomic E-state index is 12.9. The summed E-state index contributed by atoms with van der Waals surface area (Å²) in [6.45, 7) is 20.4. The van der Waals surface area contributed by atoms with Gasteiger partial charge in [-0.05, 0) is 110 Å². The second-order valence-corrected chi connectivity index (χ2v) is 16.6. The third-order valence-electron chi connectivity index (χ3n) is 13.1. The fourth-order valence-corrected chi connectivity index (χ4v) is 11.2. The van der Waals surface area contributed by atoms with Crippen LogP contribution in [0.1, 0.15) is 132 Å². The summed E-state index contributed by atoms with van der Waals surface area (Å²) < 4.78 is 6.13. The van der Waals surface area contributed by atoms with Crippen molar-refractivity contribution in [3.05, 3.63) is 11.6 Å². The lowest BCUT2D eigenvalue weighted by Gasteiger charge is -2.58. The minimum absolute atomic E-state index is 0.0294. The lowest BCUT2D eigenvalue weighted by molar-refractivity contribution is -0.152. The molecule has 4 aliphatic carbocycles. The molecule has 3 nitrogen and oxygen atoms in total. The van der Waals surface area contributed by atoms with Crippen LogP contribution in [0.15, 0.2) is 11.6 Å². The summed E-state index contributed by atoms with van der Waals surface area (Å²) in [5.41, 5.74) is 2.52. The maximum atomic E-state index is 12.9. The Morgan fingerprint density at radius 3 is 2.48 bits per heavy atom. The summed E-state index contributed by atoms with van der Waals surface area (Å²) in [6.07, 6.45) is 19.1. The first kappa shape index (κ1) is 30.6. The second-order valence-electron chi connectivity index (χ2n) is 16.6. The summed E-state index contributed by atoms with van der Waals surface area (Å²) in [6, 6.07) is 0. The minimum Gasteiger partial charge on any atom is -0.462 e. The minimum atomic E-state index is 0.0294. The van der Waals surface area contributed by atoms with Crippen molar-refractivity contribution in [3.63, 3.8) is 0 Å². The van der Waals surface area contributed by atoms with E-state index in [9.17, 15) is 4.79 Å². The Hall–Kier alpha value is -0.830. The molecule has 0 radical (unpaired) electrons. The molecular weight excluding hydrogens is 490 g/mol. The Kier molecular flexibility index (Phi) is 9.51. The number of hydrogen-bond donors (Lipinski definition) is 0. The van der Waals surface area contributed by atoms with Gasteiger partial charge in [0.25, 0.3) is 0 Å². The Labute approximate surface area is 247 Å². The zero-order chi connectivity index (χ0) is 28.7. The van der Waals surface area contributed by atoms with E-state index < -0.39 is 0 Å². The Bertz CT molecular complexity index is 900. The molecule has 228 valence electrons. The van der Waals surface area contributed by atoms with Crippen LogP contribution in [0, 0.1) is 58.2 Å². The first-order valence-electron chi connectivity index (χ1n) is 17.6. The van der Waals surface area contributed by atoms with Crippen molar-refractivity contribution in [1.29, 1.82) is 0 Å². The zero-order valence-corrected chi connectivity index (χ0v) is 27.4. The summed E-state index contributed by atoms with van der Waals surface area (Å²) in [5.74, 6) is 6.76. The summed E-state index contributed by atoms with van der Waals surface area (Å²) in [7, 11) is 0. The first-order chi connectivity index (χ1) is 19.0. The fourth-order valence-electron chi connectivity index (χ4n) is 11.2. The number of piperidine rings is 1. The van der Waals surface area contributed by atoms with Gasteiger partial charge in [-0.25, -0.2) is 0 Å². The van der Waals surface area contributed by atoms with Crippen molar-refractivity contribution in [1.82, 2.24) is 4.90 Å². The highest BCUT2D eigenvalue weighted by Gasteiger charge is 2.59. The third-order valence-corrected chi connectivity index (χ3v) is 13.1. The van der Waals surface area contributed by atoms with Gasteiger partial charge in [0.1, 0.15) is 6.10 Å². The quantitative estimate of drug-likeness (QED) is 0.210. The molecule has 0 aromatic rings. The number of nitrogens with zero attached hydrogens (tertiary/aromatic N) is 1. The van der Waals surface area contributed by atoms with Crippen LogP contribution in [0.3, 0.4) is 0 Å². The smallest absolute Gasteiger partial charge is 0.307 e. The van der Waals surface area contributed by atoms with Crippen molar-refractivity contribution >= 4 is 5.97 Å². The topological polar surface area (TPSA) is 29.5 Å². The highest BCUT2D eigenvalue weighted by atomic mass is 16.5. The van der Waals surface area contributed by atoms with E-state index in [2.05, 4.69) is 59.4 Å². The van der Waals surface area contributed by atoms with E-state index in [4.69, 9.17) is 4.74 Å². The Morgan fingerprint density at radius 1 is 1.00 bits per heavy atom. The molecule has 1 heterocycles. The molecule has 0 spiro atoms. The molecule has 5 aliphatic rings. The predicted molar refractivity (Wildman–Crippen MR) is 167 cm³/mol. The molecule has 0 bridgehead atoms. The number of carbonyl (C=O) groups is 1. The van der Waals surface area contributed by atoms with E-state index in [1.54, 1.807) is 5.57 Å². The average Bonchev–Trinajstić information content (AvgIpc) is 3.24. The number of fused-ring (bicyclic) bond motifs is 5. The molecule has 0 N–H and O–H groups in total. The molecule has 1 aliphatic heterocycles. The van der Waals surface area contributed by atoms with Gasteiger partial charge >= 0.3 is 5.97 Å². The van der Waals surface area contributed by atoms with Gasteiger partial charge in [-0.1, -0.05) is 79.4 Å². The van der Waals surface area contributed by atoms with Crippen LogP contribution in [-0.4, -0.2) is 36.6 Å². The van der Waals surface area contributed by atoms with Crippen LogP contribution in [0.25, 0.3) is 0 Å². The number of rotatable bonds is 9. The predicted octanol–water partition coefficient (Wildman–Crippen LogP) is 9.31. The molecule has 1 saturated heterocycles. The van der Waals surface area contributed by atoms with Crippen LogP contribution in [-0.2, 0) is 9.53 Å². The molecule has 3 heteroatoms. The summed E-state index contributed by atoms with van der Waals surface area (Å²) >= 11 is 0. The molecule has 0 aromatic carbocycles. The molecule has 3 saturated carbocycles. The van der Waals surface area contributed by atoms with Gasteiger partial charge in [-0.3, -0.25) is 4.79 Å². The molecule has 10 atom stereocenters. The molecule has 4 fully saturated rings. The maximum Gasteiger partial charge on any atom is 0.307 e. The number of carbonyl (C=O) groups excluding carboxylic acids is 1. The normalized spacial score (nSPS) is 42.5. The molecule has 0 amide bonds. The standard InChI is InChI=1S/C37H63NO2/c1-25(2)9-8-10-28(5)32-13-14-33-31-12-11-29-22-30(15-18-36(29,6)34(31)16-19-37(32,33)7)40-35(39)17-20-38-23-26(3)21-27(4)24-38/h11,25-28,30-34H,8-10,12-24H2,1-7H3/t26-,27-,28+,30-,31+,32+,33-,34+,36-,37+/m1/s1. The van der Waals surface area contributed by atoms with E-state index in [-0.39, 0.29) is 12.1 Å². The van der Waals surface area contributed by atoms with Gasteiger partial charge in [0.15, 0.2) is 0 Å². The number of esters is 1. The van der Waals surface area contributed by atoms with Gasteiger partial charge < -0.3 is 9.64 Å². The van der Waals surface area contributed by atoms with Crippen LogP contribution in [0.5, 0.6) is 0 Å². The summed E-state index contributed by atoms with van der Waals surface area (Å²) in [5, 5.41) is 0. The number of hydrogen-bond acceptors (Lipinski definition) is 3. The lowest BCUT2D eigenvalue weighted by atomic mass is 9.47. The lowest BCUT2D eigenvalue weighted by Crippen LogP contribution is -2.51. The van der Waals surface area contributed by atoms with Gasteiger partial charge in [0, 0.05) is 26.1 Å². The second kappa shape index (κ2) is 12.4. The van der Waals surface area contributed by atoms with E-state index in [0.29, 0.717) is 17.3 Å². The van der Waals surface area contributed by atoms with Crippen molar-refractivity contribution in [2.75, 3.05) is 19.6 Å². The number of ether oxygens (including phenoxy) is 1. The van der Waals surface area contributed by atoms with Gasteiger partial charge in [-0.2, -0.15) is 0 Å². The molecule has 40 heavy (non-hydrogen) atoms. The largest absolute Gasteiger partial charge is 0.462 e. The molecule has 0 unspecified atom stereocenters. The number of allylic oxidation sites excluding steroid dienone is 1. The van der Waals surface area contributed by atoms with E-state index >= 15 is 0 Å². The van der Waals surface area contributed by atoms with Crippen molar-refractivity contribution in [2.45, 2.75) is 138 Å². The average molecular weight is 554 g/mol. The van der Waals surface area contributed by atoms with Gasteiger partial charge in [0.05, 0.1) is 6.42 Å². The fraction of sp³-hybridized carbons (Fsp3) is 0.919. The molecule has 0 aromatic heterocycles. The molecular formula is C37H63NO2. The SMILES string of the molecule is CC(C)CCC[C@H](C)[C@@H]1CC[C@@H]2[C@@H]3CC=C4C[C@H](OC(=O)CCN5C[C@H](C)C[C@@H](C)C5)CC[C@@]4(C)[C@H]3CC[C@]21C. The highest BCUT2D eigenvalue weighted by Crippen LogP contribution is 2.67. The summed E-state index contributed by atoms with van der Waals surface area (Å²) in [4.78, 5) is 15.3. The van der Waals surface area contributed by atoms with Crippen LogP contribution >= 0.6 is 0 Å². The van der Waals surface area contributed by atoms with Crippen LogP contribution < -0.4 is 0 Å². The third kappa shape index (κ3) is 6.26. The van der Waals surface area contributed by atoms with Gasteiger partial charge in [-0.15, -0.1) is 0 Å². The zero-order valence-electron chi connectivity index (χ0n) is 27.4. The van der Waals surface area contributed by atoms with Crippen molar-refractivity contribution < 1.29 is 9.53 Å². The van der Waals surface area contributed by atoms with Crippen LogP contribution in [0.2, 0.25) is 0 Å². The van der Waals surface area contributed by atoms with Crippen LogP contribution in [0.4, 0.5) is 0 Å². The number of likely N-dealkylation sites (tertiary alicyclic amines) is 1. The Balaban J connectivity index is 1.16. The van der Waals surface area contributed by atoms with Crippen molar-refractivity contribution in [2.24, 2.45) is 58.2 Å². The van der Waals surface area contributed by atoms with E-state index in [1.165, 1.54) is 64.2 Å².